The van der Waals surface area contributed by atoms with E-state index in [0.29, 0.717) is 44.0 Å². The van der Waals surface area contributed by atoms with E-state index in [1.807, 2.05) is 30.0 Å². The van der Waals surface area contributed by atoms with Gasteiger partial charge >= 0.3 is 0 Å². The lowest BCUT2D eigenvalue weighted by atomic mass is 10.2. The van der Waals surface area contributed by atoms with E-state index in [9.17, 15) is 13.2 Å². The summed E-state index contributed by atoms with van der Waals surface area (Å²) in [4.78, 5) is 15.0. The predicted molar refractivity (Wildman–Crippen MR) is 122 cm³/mol. The second-order valence-electron chi connectivity index (χ2n) is 7.45. The fourth-order valence-corrected chi connectivity index (χ4v) is 5.35. The van der Waals surface area contributed by atoms with Gasteiger partial charge in [-0.25, -0.2) is 8.42 Å². The van der Waals surface area contributed by atoms with Crippen LogP contribution in [0.1, 0.15) is 12.0 Å². The fourth-order valence-electron chi connectivity index (χ4n) is 3.63. The Morgan fingerprint density at radius 2 is 1.65 bits per heavy atom. The molecular weight excluding hydrogens is 436 g/mol. The highest BCUT2D eigenvalue weighted by molar-refractivity contribution is 7.89. The highest BCUT2D eigenvalue weighted by Crippen LogP contribution is 2.25. The van der Waals surface area contributed by atoms with Crippen LogP contribution in [0.15, 0.2) is 70.5 Å². The molecule has 2 aromatic carbocycles. The van der Waals surface area contributed by atoms with Crippen molar-refractivity contribution in [3.05, 3.63) is 81.7 Å². The summed E-state index contributed by atoms with van der Waals surface area (Å²) in [7, 11) is -3.58. The van der Waals surface area contributed by atoms with Crippen molar-refractivity contribution in [1.29, 1.82) is 0 Å². The molecule has 3 aromatic rings. The Bertz CT molecular complexity index is 1230. The number of hydrogen-bond acceptors (Lipinski definition) is 5. The van der Waals surface area contributed by atoms with E-state index >= 15 is 0 Å². The fraction of sp³-hybridized carbons (Fsp3) is 0.273. The Kier molecular flexibility index (Phi) is 6.13. The average molecular weight is 459 g/mol. The van der Waals surface area contributed by atoms with Crippen LogP contribution in [0.25, 0.3) is 5.69 Å². The third kappa shape index (κ3) is 4.37. The van der Waals surface area contributed by atoms with E-state index in [1.54, 1.807) is 42.6 Å². The predicted octanol–water partition coefficient (Wildman–Crippen LogP) is 3.10. The molecular formula is C22H23ClN4O3S. The van der Waals surface area contributed by atoms with Gasteiger partial charge in [-0.05, 0) is 37.6 Å². The van der Waals surface area contributed by atoms with Crippen LogP contribution >= 0.6 is 11.6 Å². The molecule has 0 unspecified atom stereocenters. The Morgan fingerprint density at radius 3 is 2.35 bits per heavy atom. The maximum Gasteiger partial charge on any atom is 0.292 e. The molecule has 0 N–H and O–H groups in total. The van der Waals surface area contributed by atoms with Crippen LogP contribution in [0, 0.1) is 6.92 Å². The number of anilines is 1. The second kappa shape index (κ2) is 8.82. The zero-order valence-corrected chi connectivity index (χ0v) is 18.7. The van der Waals surface area contributed by atoms with E-state index < -0.39 is 15.6 Å². The van der Waals surface area contributed by atoms with Gasteiger partial charge in [-0.2, -0.15) is 14.1 Å². The molecule has 0 saturated carbocycles. The van der Waals surface area contributed by atoms with Gasteiger partial charge in [0.1, 0.15) is 5.02 Å². The highest BCUT2D eigenvalue weighted by Gasteiger charge is 2.28. The maximum atomic E-state index is 13.0. The number of halogens is 1. The van der Waals surface area contributed by atoms with Gasteiger partial charge in [0.25, 0.3) is 5.56 Å². The minimum atomic E-state index is -3.58. The molecule has 0 amide bonds. The molecule has 0 spiro atoms. The third-order valence-electron chi connectivity index (χ3n) is 5.36. The van der Waals surface area contributed by atoms with Crippen molar-refractivity contribution in [3.63, 3.8) is 0 Å². The lowest BCUT2D eigenvalue weighted by Gasteiger charge is -2.24. The molecule has 2 heterocycles. The van der Waals surface area contributed by atoms with Crippen LogP contribution in [-0.4, -0.2) is 48.7 Å². The molecule has 162 valence electrons. The van der Waals surface area contributed by atoms with E-state index in [0.717, 1.165) is 5.56 Å². The summed E-state index contributed by atoms with van der Waals surface area (Å²) in [5.41, 5.74) is 1.76. The van der Waals surface area contributed by atoms with Crippen LogP contribution in [0.4, 0.5) is 5.69 Å². The van der Waals surface area contributed by atoms with Crippen molar-refractivity contribution in [3.8, 4) is 5.69 Å². The molecule has 31 heavy (non-hydrogen) atoms. The lowest BCUT2D eigenvalue weighted by Crippen LogP contribution is -2.36. The van der Waals surface area contributed by atoms with Gasteiger partial charge in [-0.1, -0.05) is 47.5 Å². The number of para-hydroxylation sites is 1. The average Bonchev–Trinajstić information content (AvgIpc) is 3.03. The Balaban J connectivity index is 1.56. The number of nitrogens with zero attached hydrogens (tertiary/aromatic N) is 4. The second-order valence-corrected chi connectivity index (χ2v) is 9.77. The van der Waals surface area contributed by atoms with Crippen molar-refractivity contribution in [2.75, 3.05) is 31.1 Å². The molecule has 0 radical (unpaired) electrons. The quantitative estimate of drug-likeness (QED) is 0.600. The number of hydrogen-bond donors (Lipinski definition) is 0. The van der Waals surface area contributed by atoms with Crippen LogP contribution in [-0.2, 0) is 10.0 Å². The Labute approximate surface area is 186 Å². The highest BCUT2D eigenvalue weighted by atomic mass is 35.5. The van der Waals surface area contributed by atoms with E-state index in [2.05, 4.69) is 5.10 Å². The first-order valence-corrected chi connectivity index (χ1v) is 11.8. The van der Waals surface area contributed by atoms with Crippen molar-refractivity contribution >= 4 is 27.3 Å². The first-order valence-electron chi connectivity index (χ1n) is 10.0. The lowest BCUT2D eigenvalue weighted by molar-refractivity contribution is 0.433. The van der Waals surface area contributed by atoms with Crippen LogP contribution < -0.4 is 10.5 Å². The monoisotopic (exact) mass is 458 g/mol. The minimum absolute atomic E-state index is 0.0775. The Hall–Kier alpha value is -2.68. The topological polar surface area (TPSA) is 75.5 Å². The molecule has 9 heteroatoms. The van der Waals surface area contributed by atoms with E-state index in [1.165, 1.54) is 8.99 Å². The standard InChI is InChI=1S/C22H23ClN4O3S/c1-17-8-10-19(11-9-17)31(29,30)26-13-5-12-25(14-15-26)20-16-24-27(22(28)21(20)23)18-6-3-2-4-7-18/h2-4,6-11,16H,5,12-15H2,1H3. The van der Waals surface area contributed by atoms with Gasteiger partial charge < -0.3 is 4.90 Å². The maximum absolute atomic E-state index is 13.0. The zero-order chi connectivity index (χ0) is 22.0. The number of aromatic nitrogens is 2. The van der Waals surface area contributed by atoms with Crippen LogP contribution in [0.3, 0.4) is 0 Å². The van der Waals surface area contributed by atoms with Gasteiger partial charge in [0.05, 0.1) is 22.5 Å². The number of benzene rings is 2. The number of aryl methyl sites for hydroxylation is 1. The van der Waals surface area contributed by atoms with Crippen LogP contribution in [0.5, 0.6) is 0 Å². The number of sulfonamides is 1. The first kappa shape index (κ1) is 21.5. The SMILES string of the molecule is Cc1ccc(S(=O)(=O)N2CCCN(c3cnn(-c4ccccc4)c(=O)c3Cl)CC2)cc1. The van der Waals surface area contributed by atoms with E-state index in [-0.39, 0.29) is 9.92 Å². The number of rotatable bonds is 4. The Morgan fingerprint density at radius 1 is 0.935 bits per heavy atom. The third-order valence-corrected chi connectivity index (χ3v) is 7.62. The van der Waals surface area contributed by atoms with Crippen molar-refractivity contribution < 1.29 is 8.42 Å². The summed E-state index contributed by atoms with van der Waals surface area (Å²) < 4.78 is 28.8. The summed E-state index contributed by atoms with van der Waals surface area (Å²) >= 11 is 6.43. The zero-order valence-electron chi connectivity index (χ0n) is 17.1. The normalized spacial score (nSPS) is 15.6. The summed E-state index contributed by atoms with van der Waals surface area (Å²) in [5.74, 6) is 0. The minimum Gasteiger partial charge on any atom is -0.367 e. The summed E-state index contributed by atoms with van der Waals surface area (Å²) in [6, 6.07) is 15.9. The molecule has 1 aliphatic heterocycles. The molecule has 0 atom stereocenters. The molecule has 1 aliphatic rings. The van der Waals surface area contributed by atoms with Crippen molar-refractivity contribution in [2.45, 2.75) is 18.2 Å². The van der Waals surface area contributed by atoms with Gasteiger partial charge in [-0.15, -0.1) is 0 Å². The van der Waals surface area contributed by atoms with Gasteiger partial charge in [0, 0.05) is 26.2 Å². The molecule has 7 nitrogen and oxygen atoms in total. The first-order chi connectivity index (χ1) is 14.9. The van der Waals surface area contributed by atoms with Crippen LogP contribution in [0.2, 0.25) is 5.02 Å². The van der Waals surface area contributed by atoms with Gasteiger partial charge in [0.15, 0.2) is 0 Å². The van der Waals surface area contributed by atoms with Crippen molar-refractivity contribution in [1.82, 2.24) is 14.1 Å². The summed E-state index contributed by atoms with van der Waals surface area (Å²) in [6.07, 6.45) is 2.18. The molecule has 1 fully saturated rings. The van der Waals surface area contributed by atoms with E-state index in [4.69, 9.17) is 11.6 Å². The van der Waals surface area contributed by atoms with Gasteiger partial charge in [0.2, 0.25) is 10.0 Å². The molecule has 0 bridgehead atoms. The molecule has 1 saturated heterocycles. The molecule has 1 aromatic heterocycles. The molecule has 0 aliphatic carbocycles. The smallest absolute Gasteiger partial charge is 0.292 e. The summed E-state index contributed by atoms with van der Waals surface area (Å²) in [6.45, 7) is 3.62. The largest absolute Gasteiger partial charge is 0.367 e. The summed E-state index contributed by atoms with van der Waals surface area (Å²) in [5, 5.41) is 4.36. The van der Waals surface area contributed by atoms with Crippen molar-refractivity contribution in [2.24, 2.45) is 0 Å². The van der Waals surface area contributed by atoms with Gasteiger partial charge in [-0.3, -0.25) is 4.79 Å². The molecule has 4 rings (SSSR count).